The molecule has 140 heavy (non-hydrogen) atoms. The zero-order valence-corrected chi connectivity index (χ0v) is 90.9. The summed E-state index contributed by atoms with van der Waals surface area (Å²) in [6, 6.07) is -20.9. The van der Waals surface area contributed by atoms with Gasteiger partial charge in [-0.25, -0.2) is 0 Å². The van der Waals surface area contributed by atoms with Crippen molar-refractivity contribution in [1.82, 2.24) is 95.7 Å². The second kappa shape index (κ2) is 71.4. The normalized spacial score (nSPS) is 15.7. The molecule has 0 unspecified atom stereocenters. The predicted molar refractivity (Wildman–Crippen MR) is 539 cm³/mol. The molecule has 0 aromatic carbocycles. The molecule has 0 radical (unpaired) electrons. The first-order valence-electron chi connectivity index (χ1n) is 51.0. The molecule has 18 amide bonds. The Bertz CT molecular complexity index is 3820. The number of nitrogens with one attached hydrogen (secondary N) is 18. The number of amides is 18. The van der Waals surface area contributed by atoms with Crippen molar-refractivity contribution in [2.75, 3.05) is 42.1 Å². The molecule has 0 saturated carbocycles. The second-order valence-corrected chi connectivity index (χ2v) is 43.5. The summed E-state index contributed by atoms with van der Waals surface area (Å²) in [5, 5.41) is 49.5. The number of carbonyl (C=O) groups is 18. The van der Waals surface area contributed by atoms with Gasteiger partial charge in [-0.3, -0.25) is 71.9 Å². The third-order valence-corrected chi connectivity index (χ3v) is 25.3. The third-order valence-electron chi connectivity index (χ3n) is 23.1. The minimum absolute atomic E-state index is 0.00492. The molecule has 19 atom stereocenters. The molecule has 0 aromatic heterocycles. The maximum absolute atomic E-state index is 14.6. The Morgan fingerprint density at radius 3 is 0.514 bits per heavy atom. The standard InChI is InChI=1S/C98H185IN23O18/c1-54(2)45-73(91(133)105-63(18)53-99-24)120-88(130)70(37-27-32-42-102)112-96(138)78(50-59(11)12)116-83(125)65(20)106-82(124)64(19)108-93(135)75(47-56(5)6)121-89(131)71(38-28-33-43-103)113-97(139)79(51-60(13)14)117-84(126)66(21)107-87(129)69(36-26-31-41-101)111-95(137)77(49-58(9)10)118-86(128)68(23)110-94(136)76(48-57(7)8)122-90(132)72(39-29-34-44-104)114-98(140)80(52-61(15)16)119-85(127)67(22)109-92(134)74(46-55(3)4)115-81(123)62(17)35-25-30-40-100/h54-80H,25-53,100-104H2,1-24H3,(H,105,133)(H,106,124)(H,107,129)(H,108,135)(H,109,134)(H,110,136)(H,111,137)(H,112,138)(H,113,139)(H,114,140)(H,115,123)(H,116,125)(H,117,126)(H,118,128)(H,119,127)(H,120,130)(H,121,131)(H,122,132)/q-1/t62-,63-,64-,65-,66-,67-,68-,69-,70-,71-,72-,73-,74-,75-,76-,77-,78-,79-,80-/m0/s1. The molecule has 0 spiro atoms. The van der Waals surface area contributed by atoms with E-state index in [0.29, 0.717) is 77.3 Å². The van der Waals surface area contributed by atoms with E-state index in [1.807, 2.05) is 76.2 Å². The minimum Gasteiger partial charge on any atom is -0.344 e. The molecule has 0 saturated heterocycles. The Morgan fingerprint density at radius 2 is 0.321 bits per heavy atom. The SMILES string of the molecule is C[I-]C[C@H](C)NC(=O)[C@H](CC(C)C)NC(=O)[C@H](CCCCN)NC(=O)[C@H](CC(C)C)NC(=O)[C@H](C)NC(=O)[C@H](C)NC(=O)[C@H](CC(C)C)NC(=O)[C@H](CCCCN)NC(=O)[C@H](CC(C)C)NC(=O)[C@H](C)NC(=O)[C@H](CCCCN)NC(=O)[C@H](CC(C)C)NC(=O)[C@H](C)NC(=O)[C@H](CC(C)C)NC(=O)[C@H](CCCCN)NC(=O)[C@H](CC(C)C)NC(=O)[C@H](C)NC(=O)[C@H](CC(C)C)NC(=O)[C@@H](C)CCCCN. The van der Waals surface area contributed by atoms with Crippen LogP contribution in [0.5, 0.6) is 0 Å². The van der Waals surface area contributed by atoms with Gasteiger partial charge in [-0.15, -0.1) is 0 Å². The number of alkyl halides is 2. The van der Waals surface area contributed by atoms with Gasteiger partial charge in [0.1, 0.15) is 84.6 Å². The zero-order chi connectivity index (χ0) is 107. The summed E-state index contributed by atoms with van der Waals surface area (Å²) in [6.45, 7) is 41.6. The monoisotopic (exact) mass is 2100 g/mol. The van der Waals surface area contributed by atoms with Gasteiger partial charge in [0.2, 0.25) is 88.6 Å². The molecule has 808 valence electrons. The molecule has 28 N–H and O–H groups in total. The summed E-state index contributed by atoms with van der Waals surface area (Å²) in [7, 11) is 0. The number of rotatable bonds is 74. The van der Waals surface area contributed by atoms with Gasteiger partial charge in [-0.2, -0.15) is 0 Å². The Morgan fingerprint density at radius 1 is 0.179 bits per heavy atom. The summed E-state index contributed by atoms with van der Waals surface area (Å²) in [5.41, 5.74) is 29.1. The van der Waals surface area contributed by atoms with Gasteiger partial charge in [-0.05, 0) is 211 Å². The van der Waals surface area contributed by atoms with E-state index < -0.39 is 197 Å². The van der Waals surface area contributed by atoms with Crippen LogP contribution < -0.4 is 146 Å². The van der Waals surface area contributed by atoms with Crippen LogP contribution in [0.3, 0.4) is 0 Å². The topological polar surface area (TPSA) is 654 Å². The molecule has 0 heterocycles. The van der Waals surface area contributed by atoms with E-state index in [1.54, 1.807) is 48.5 Å². The fraction of sp³-hybridized carbons (Fsp3) is 0.816. The van der Waals surface area contributed by atoms with Crippen molar-refractivity contribution >= 4 is 106 Å². The summed E-state index contributed by atoms with van der Waals surface area (Å²) in [5.74, 6) is -14.1. The van der Waals surface area contributed by atoms with Crippen LogP contribution in [0.1, 0.15) is 307 Å². The molecule has 0 bridgehead atoms. The third kappa shape index (κ3) is 55.6. The van der Waals surface area contributed by atoms with Crippen molar-refractivity contribution in [1.29, 1.82) is 0 Å². The first-order valence-corrected chi connectivity index (χ1v) is 54.7. The molecular formula is C98H185IN23O18-. The molecule has 0 aliphatic heterocycles. The van der Waals surface area contributed by atoms with E-state index >= 15 is 0 Å². The van der Waals surface area contributed by atoms with E-state index in [4.69, 9.17) is 28.7 Å². The number of unbranched alkanes of at least 4 members (excludes halogenated alkanes) is 5. The number of hydrogen-bond acceptors (Lipinski definition) is 23. The molecule has 0 fully saturated rings. The van der Waals surface area contributed by atoms with Crippen molar-refractivity contribution in [2.45, 2.75) is 416 Å². The van der Waals surface area contributed by atoms with Crippen LogP contribution in [-0.4, -0.2) is 257 Å². The Labute approximate surface area is 844 Å². The fourth-order valence-electron chi connectivity index (χ4n) is 15.3. The van der Waals surface area contributed by atoms with Crippen molar-refractivity contribution in [3.63, 3.8) is 0 Å². The molecule has 0 aromatic rings. The van der Waals surface area contributed by atoms with Crippen molar-refractivity contribution in [3.05, 3.63) is 0 Å². The summed E-state index contributed by atoms with van der Waals surface area (Å²) in [6.07, 6.45) is 6.79. The van der Waals surface area contributed by atoms with E-state index in [9.17, 15) is 86.3 Å². The molecular weight excluding hydrogens is 1910 g/mol. The summed E-state index contributed by atoms with van der Waals surface area (Å²) >= 11 is -0.113. The van der Waals surface area contributed by atoms with Gasteiger partial charge in [0.05, 0.1) is 0 Å². The Kier molecular flexibility index (Phi) is 66.8. The van der Waals surface area contributed by atoms with Crippen LogP contribution in [0.4, 0.5) is 0 Å². The van der Waals surface area contributed by atoms with Gasteiger partial charge in [0.25, 0.3) is 0 Å². The summed E-state index contributed by atoms with van der Waals surface area (Å²) in [4.78, 5) is 257. The van der Waals surface area contributed by atoms with Gasteiger partial charge in [0, 0.05) is 5.92 Å². The van der Waals surface area contributed by atoms with Gasteiger partial charge < -0.3 is 103 Å². The summed E-state index contributed by atoms with van der Waals surface area (Å²) < 4.78 is 0.846. The average molecular weight is 2100 g/mol. The van der Waals surface area contributed by atoms with E-state index in [1.165, 1.54) is 34.6 Å². The Balaban J connectivity index is 6.81. The molecule has 41 nitrogen and oxygen atoms in total. The van der Waals surface area contributed by atoms with E-state index in [0.717, 1.165) is 17.3 Å². The van der Waals surface area contributed by atoms with Gasteiger partial charge >= 0.3 is 173 Å². The number of hydrogen-bond donors (Lipinski definition) is 23. The van der Waals surface area contributed by atoms with Crippen LogP contribution in [0.2, 0.25) is 0 Å². The molecule has 42 heteroatoms. The van der Waals surface area contributed by atoms with Gasteiger partial charge in [0.15, 0.2) is 0 Å². The quantitative estimate of drug-likeness (QED) is 0.0181. The first kappa shape index (κ1) is 131. The van der Waals surface area contributed by atoms with Crippen molar-refractivity contribution in [2.24, 2.45) is 81.9 Å². The van der Waals surface area contributed by atoms with Crippen LogP contribution in [0, 0.1) is 53.3 Å². The van der Waals surface area contributed by atoms with Crippen LogP contribution >= 0.6 is 0 Å². The maximum atomic E-state index is 14.6. The molecule has 0 rings (SSSR count). The van der Waals surface area contributed by atoms with E-state index in [2.05, 4.69) is 101 Å². The van der Waals surface area contributed by atoms with Gasteiger partial charge in [-0.1, -0.05) is 110 Å². The average Bonchev–Trinajstić information content (AvgIpc) is 0.860. The second-order valence-electron chi connectivity index (χ2n) is 41.1. The number of halogens is 1. The number of nitrogens with two attached hydrogens (primary N) is 5. The number of carbonyl (C=O) groups excluding carboxylic acids is 18. The van der Waals surface area contributed by atoms with Crippen LogP contribution in [0.15, 0.2) is 0 Å². The van der Waals surface area contributed by atoms with E-state index in [-0.39, 0.29) is 183 Å². The Hall–Kier alpha value is -9.01. The fourth-order valence-corrected chi connectivity index (χ4v) is 16.9. The first-order chi connectivity index (χ1) is 65.6. The van der Waals surface area contributed by atoms with Crippen molar-refractivity contribution in [3.8, 4) is 0 Å². The zero-order valence-electron chi connectivity index (χ0n) is 88.7. The van der Waals surface area contributed by atoms with Crippen molar-refractivity contribution < 1.29 is 108 Å². The van der Waals surface area contributed by atoms with Crippen LogP contribution in [-0.2, 0) is 86.3 Å². The minimum atomic E-state index is -1.36. The van der Waals surface area contributed by atoms with Crippen LogP contribution in [0.25, 0.3) is 0 Å². The smallest absolute Gasteiger partial charge is 0.344 e. The predicted octanol–water partition coefficient (Wildman–Crippen LogP) is -1.80. The molecule has 0 aliphatic carbocycles. The molecule has 0 aliphatic rings.